The van der Waals surface area contributed by atoms with Gasteiger partial charge in [-0.15, -0.1) is 11.3 Å². The van der Waals surface area contributed by atoms with Crippen LogP contribution in [0.5, 0.6) is 5.75 Å². The monoisotopic (exact) mass is 253 g/mol. The van der Waals surface area contributed by atoms with Crippen LogP contribution in [0.3, 0.4) is 0 Å². The van der Waals surface area contributed by atoms with E-state index in [4.69, 9.17) is 16.3 Å². The van der Waals surface area contributed by atoms with Gasteiger partial charge in [0.1, 0.15) is 5.75 Å². The van der Waals surface area contributed by atoms with Gasteiger partial charge in [-0.2, -0.15) is 0 Å². The molecule has 0 radical (unpaired) electrons. The first-order valence-corrected chi connectivity index (χ1v) is 5.76. The number of hydrogen-bond donors (Lipinski definition) is 0. The molecule has 5 heteroatoms. The number of ketones is 1. The molecule has 16 heavy (non-hydrogen) atoms. The normalized spacial score (nSPS) is 10.1. The average Bonchev–Trinajstić information content (AvgIpc) is 2.81. The van der Waals surface area contributed by atoms with Crippen molar-refractivity contribution in [2.45, 2.75) is 0 Å². The quantitative estimate of drug-likeness (QED) is 0.790. The summed E-state index contributed by atoms with van der Waals surface area (Å²) in [5, 5.41) is 2.69. The Kier molecular flexibility index (Phi) is 3.22. The molecule has 1 aromatic carbocycles. The molecule has 0 N–H and O–H groups in total. The number of ether oxygens (including phenoxy) is 1. The van der Waals surface area contributed by atoms with E-state index in [2.05, 4.69) is 4.98 Å². The van der Waals surface area contributed by atoms with Crippen LogP contribution in [0.15, 0.2) is 29.8 Å². The number of halogens is 1. The summed E-state index contributed by atoms with van der Waals surface area (Å²) in [6, 6.07) is 4.94. The summed E-state index contributed by atoms with van der Waals surface area (Å²) in [5.41, 5.74) is 0.435. The third-order valence-electron chi connectivity index (χ3n) is 2.03. The van der Waals surface area contributed by atoms with Gasteiger partial charge in [0.05, 0.1) is 12.7 Å². The number of hydrogen-bond acceptors (Lipinski definition) is 4. The first-order valence-electron chi connectivity index (χ1n) is 4.50. The molecule has 0 saturated carbocycles. The smallest absolute Gasteiger partial charge is 0.225 e. The van der Waals surface area contributed by atoms with Gasteiger partial charge in [-0.05, 0) is 18.2 Å². The zero-order valence-corrected chi connectivity index (χ0v) is 10.0. The molecule has 0 aliphatic heterocycles. The van der Waals surface area contributed by atoms with E-state index < -0.39 is 0 Å². The maximum Gasteiger partial charge on any atom is 0.225 e. The molecule has 0 fully saturated rings. The van der Waals surface area contributed by atoms with Gasteiger partial charge in [-0.3, -0.25) is 4.79 Å². The summed E-state index contributed by atoms with van der Waals surface area (Å²) in [6.45, 7) is 0. The van der Waals surface area contributed by atoms with E-state index in [0.717, 1.165) is 0 Å². The fourth-order valence-corrected chi connectivity index (χ4v) is 2.07. The third-order valence-corrected chi connectivity index (χ3v) is 3.04. The van der Waals surface area contributed by atoms with Gasteiger partial charge in [0, 0.05) is 16.6 Å². The van der Waals surface area contributed by atoms with Gasteiger partial charge in [0.25, 0.3) is 0 Å². The molecule has 0 aliphatic carbocycles. The molecule has 0 saturated heterocycles. The highest BCUT2D eigenvalue weighted by atomic mass is 35.5. The van der Waals surface area contributed by atoms with Crippen LogP contribution < -0.4 is 4.74 Å². The van der Waals surface area contributed by atoms with Crippen molar-refractivity contribution >= 4 is 28.7 Å². The minimum absolute atomic E-state index is 0.172. The number of aromatic nitrogens is 1. The summed E-state index contributed by atoms with van der Waals surface area (Å²) in [7, 11) is 1.52. The molecule has 0 bridgehead atoms. The summed E-state index contributed by atoms with van der Waals surface area (Å²) < 4.78 is 5.12. The fourth-order valence-electron chi connectivity index (χ4n) is 1.31. The van der Waals surface area contributed by atoms with E-state index in [1.54, 1.807) is 29.8 Å². The maximum atomic E-state index is 12.0. The zero-order chi connectivity index (χ0) is 11.5. The lowest BCUT2D eigenvalue weighted by atomic mass is 10.1. The number of benzene rings is 1. The van der Waals surface area contributed by atoms with Crippen LogP contribution in [-0.4, -0.2) is 17.9 Å². The van der Waals surface area contributed by atoms with Crippen molar-refractivity contribution < 1.29 is 9.53 Å². The highest BCUT2D eigenvalue weighted by Gasteiger charge is 2.16. The van der Waals surface area contributed by atoms with E-state index in [1.165, 1.54) is 18.4 Å². The second-order valence-corrected chi connectivity index (χ2v) is 4.34. The predicted octanol–water partition coefficient (Wildman–Crippen LogP) is 3.04. The molecule has 2 aromatic rings. The Labute approximate surface area is 102 Å². The molecule has 82 valence electrons. The molecule has 3 nitrogen and oxygen atoms in total. The maximum absolute atomic E-state index is 12.0. The standard InChI is InChI=1S/C11H8ClNO2S/c1-15-9-3-2-7(12)6-8(9)10(14)11-13-4-5-16-11/h2-6H,1H3. The number of methoxy groups -OCH3 is 1. The van der Waals surface area contributed by atoms with Crippen LogP contribution in [0.25, 0.3) is 0 Å². The van der Waals surface area contributed by atoms with Crippen LogP contribution in [0.4, 0.5) is 0 Å². The van der Waals surface area contributed by atoms with Crippen LogP contribution in [0.2, 0.25) is 5.02 Å². The van der Waals surface area contributed by atoms with Crippen LogP contribution in [0.1, 0.15) is 15.4 Å². The van der Waals surface area contributed by atoms with Gasteiger partial charge in [0.2, 0.25) is 5.78 Å². The minimum Gasteiger partial charge on any atom is -0.496 e. The Morgan fingerprint density at radius 3 is 2.94 bits per heavy atom. The lowest BCUT2D eigenvalue weighted by Gasteiger charge is -2.06. The number of rotatable bonds is 3. The lowest BCUT2D eigenvalue weighted by molar-refractivity contribution is 0.103. The van der Waals surface area contributed by atoms with Gasteiger partial charge >= 0.3 is 0 Å². The van der Waals surface area contributed by atoms with E-state index in [0.29, 0.717) is 21.3 Å². The molecule has 0 spiro atoms. The second-order valence-electron chi connectivity index (χ2n) is 3.01. The van der Waals surface area contributed by atoms with Crippen molar-refractivity contribution in [3.63, 3.8) is 0 Å². The minimum atomic E-state index is -0.172. The van der Waals surface area contributed by atoms with Crippen LogP contribution >= 0.6 is 22.9 Å². The lowest BCUT2D eigenvalue weighted by Crippen LogP contribution is -2.03. The van der Waals surface area contributed by atoms with Crippen LogP contribution in [-0.2, 0) is 0 Å². The Hall–Kier alpha value is -1.39. The molecular formula is C11H8ClNO2S. The largest absolute Gasteiger partial charge is 0.496 e. The second kappa shape index (κ2) is 4.63. The van der Waals surface area contributed by atoms with Crippen molar-refractivity contribution in [3.05, 3.63) is 45.4 Å². The Morgan fingerprint density at radius 2 is 2.31 bits per heavy atom. The molecule has 0 aliphatic rings. The SMILES string of the molecule is COc1ccc(Cl)cc1C(=O)c1nccs1. The van der Waals surface area contributed by atoms with Gasteiger partial charge < -0.3 is 4.74 Å². The molecule has 0 atom stereocenters. The number of carbonyl (C=O) groups is 1. The molecule has 0 amide bonds. The predicted molar refractivity (Wildman–Crippen MR) is 63.6 cm³/mol. The topological polar surface area (TPSA) is 39.2 Å². The number of nitrogens with zero attached hydrogens (tertiary/aromatic N) is 1. The Bertz CT molecular complexity index is 511. The molecule has 0 unspecified atom stereocenters. The summed E-state index contributed by atoms with van der Waals surface area (Å²) >= 11 is 7.15. The van der Waals surface area contributed by atoms with Gasteiger partial charge in [0.15, 0.2) is 5.01 Å². The average molecular weight is 254 g/mol. The highest BCUT2D eigenvalue weighted by Crippen LogP contribution is 2.25. The van der Waals surface area contributed by atoms with Crippen molar-refractivity contribution in [1.82, 2.24) is 4.98 Å². The number of thiazole rings is 1. The summed E-state index contributed by atoms with van der Waals surface area (Å²) in [5.74, 6) is 0.332. The molecule has 1 aromatic heterocycles. The molecular weight excluding hydrogens is 246 g/mol. The molecule has 2 rings (SSSR count). The highest BCUT2D eigenvalue weighted by molar-refractivity contribution is 7.11. The third kappa shape index (κ3) is 2.08. The number of carbonyl (C=O) groups excluding carboxylic acids is 1. The first kappa shape index (κ1) is 11.1. The van der Waals surface area contributed by atoms with Gasteiger partial charge in [-0.25, -0.2) is 4.98 Å². The fraction of sp³-hybridized carbons (Fsp3) is 0.0909. The van der Waals surface area contributed by atoms with Crippen molar-refractivity contribution in [1.29, 1.82) is 0 Å². The summed E-state index contributed by atoms with van der Waals surface area (Å²) in [4.78, 5) is 16.0. The van der Waals surface area contributed by atoms with E-state index >= 15 is 0 Å². The van der Waals surface area contributed by atoms with Crippen molar-refractivity contribution in [2.75, 3.05) is 7.11 Å². The zero-order valence-electron chi connectivity index (χ0n) is 8.44. The van der Waals surface area contributed by atoms with Crippen LogP contribution in [0, 0.1) is 0 Å². The van der Waals surface area contributed by atoms with Gasteiger partial charge in [-0.1, -0.05) is 11.6 Å². The van der Waals surface area contributed by atoms with E-state index in [1.807, 2.05) is 0 Å². The Morgan fingerprint density at radius 1 is 1.50 bits per heavy atom. The van der Waals surface area contributed by atoms with Crippen molar-refractivity contribution in [3.8, 4) is 5.75 Å². The molecule has 1 heterocycles. The van der Waals surface area contributed by atoms with E-state index in [-0.39, 0.29) is 5.78 Å². The van der Waals surface area contributed by atoms with Crippen molar-refractivity contribution in [2.24, 2.45) is 0 Å². The summed E-state index contributed by atoms with van der Waals surface area (Å²) in [6.07, 6.45) is 1.59. The Balaban J connectivity index is 2.47. The first-order chi connectivity index (χ1) is 7.72. The van der Waals surface area contributed by atoms with E-state index in [9.17, 15) is 4.79 Å².